The summed E-state index contributed by atoms with van der Waals surface area (Å²) in [4.78, 5) is 26.4. The normalized spacial score (nSPS) is 13.0. The lowest BCUT2D eigenvalue weighted by Gasteiger charge is -2.22. The highest BCUT2D eigenvalue weighted by molar-refractivity contribution is 6.12. The lowest BCUT2D eigenvalue weighted by atomic mass is 9.94. The molecule has 0 aliphatic carbocycles. The van der Waals surface area contributed by atoms with Gasteiger partial charge in [0.25, 0.3) is 5.91 Å². The number of esters is 1. The Kier molecular flexibility index (Phi) is 11.0. The van der Waals surface area contributed by atoms with Gasteiger partial charge in [0.05, 0.1) is 29.9 Å². The lowest BCUT2D eigenvalue weighted by Crippen LogP contribution is -2.28. The van der Waals surface area contributed by atoms with Gasteiger partial charge < -0.3 is 24.8 Å². The van der Waals surface area contributed by atoms with Gasteiger partial charge in [0.1, 0.15) is 11.4 Å². The minimum Gasteiger partial charge on any atom is -0.460 e. The summed E-state index contributed by atoms with van der Waals surface area (Å²) in [6, 6.07) is 25.0. The first-order chi connectivity index (χ1) is 21.3. The summed E-state index contributed by atoms with van der Waals surface area (Å²) < 4.78 is 22.0. The average molecular weight is 615 g/mol. The zero-order valence-electron chi connectivity index (χ0n) is 26.6. The number of hydrogen-bond acceptors (Lipinski definition) is 5. The maximum atomic E-state index is 14.7. The van der Waals surface area contributed by atoms with E-state index in [4.69, 9.17) is 4.74 Å². The molecule has 0 aliphatic rings. The molecule has 8 heteroatoms. The molecule has 0 radical (unpaired) electrons. The van der Waals surface area contributed by atoms with Gasteiger partial charge in [-0.3, -0.25) is 9.59 Å². The molecule has 0 saturated heterocycles. The van der Waals surface area contributed by atoms with Gasteiger partial charge in [-0.2, -0.15) is 0 Å². The minimum atomic E-state index is -1.08. The molecule has 3 aromatic carbocycles. The summed E-state index contributed by atoms with van der Waals surface area (Å²) in [5, 5.41) is 24.6. The number of aromatic nitrogens is 1. The monoisotopic (exact) mass is 614 g/mol. The smallest absolute Gasteiger partial charge is 0.308 e. The third-order valence-corrected chi connectivity index (χ3v) is 7.32. The van der Waals surface area contributed by atoms with E-state index < -0.39 is 29.6 Å². The predicted octanol–water partition coefficient (Wildman–Crippen LogP) is 7.57. The van der Waals surface area contributed by atoms with Gasteiger partial charge in [-0.1, -0.05) is 74.5 Å². The lowest BCUT2D eigenvalue weighted by molar-refractivity contribution is -0.157. The maximum absolute atomic E-state index is 14.7. The summed E-state index contributed by atoms with van der Waals surface area (Å²) in [5.74, 6) is -1.37. The van der Waals surface area contributed by atoms with Crippen LogP contribution in [0.4, 0.5) is 10.1 Å². The van der Waals surface area contributed by atoms with Gasteiger partial charge in [0.2, 0.25) is 0 Å². The van der Waals surface area contributed by atoms with E-state index in [1.54, 1.807) is 26.8 Å². The topological polar surface area (TPSA) is 101 Å². The van der Waals surface area contributed by atoms with Crippen molar-refractivity contribution in [2.45, 2.75) is 84.2 Å². The summed E-state index contributed by atoms with van der Waals surface area (Å²) in [7, 11) is 0. The molecule has 0 aliphatic heterocycles. The van der Waals surface area contributed by atoms with Crippen molar-refractivity contribution in [2.75, 3.05) is 5.32 Å². The SMILES string of the molecule is CC(C)c1c(C(=O)Nc2ccccc2)c(-c2ccccc2)c(-c2cccc(F)c2)n1CC[C@@H](O)C[C@@H](O)CC(=O)OC(C)(C)C. The zero-order chi connectivity index (χ0) is 32.7. The largest absolute Gasteiger partial charge is 0.460 e. The molecule has 238 valence electrons. The Labute approximate surface area is 264 Å². The van der Waals surface area contributed by atoms with Crippen LogP contribution >= 0.6 is 0 Å². The number of benzene rings is 3. The van der Waals surface area contributed by atoms with E-state index in [1.165, 1.54) is 12.1 Å². The van der Waals surface area contributed by atoms with Crippen molar-refractivity contribution in [1.29, 1.82) is 0 Å². The fourth-order valence-electron chi connectivity index (χ4n) is 5.61. The first-order valence-corrected chi connectivity index (χ1v) is 15.4. The van der Waals surface area contributed by atoms with Crippen LogP contribution in [0.2, 0.25) is 0 Å². The van der Waals surface area contributed by atoms with Crippen molar-refractivity contribution < 1.29 is 28.9 Å². The van der Waals surface area contributed by atoms with Gasteiger partial charge in [0.15, 0.2) is 0 Å². The van der Waals surface area contributed by atoms with Crippen LogP contribution in [0, 0.1) is 5.82 Å². The molecular formula is C37H43FN2O5. The zero-order valence-corrected chi connectivity index (χ0v) is 26.6. The van der Waals surface area contributed by atoms with Crippen LogP contribution < -0.4 is 5.32 Å². The van der Waals surface area contributed by atoms with Crippen LogP contribution in [-0.4, -0.2) is 44.5 Å². The second-order valence-electron chi connectivity index (χ2n) is 12.6. The third-order valence-electron chi connectivity index (χ3n) is 7.32. The number of aliphatic hydroxyl groups is 2. The molecule has 1 heterocycles. The van der Waals surface area contributed by atoms with Gasteiger partial charge in [-0.15, -0.1) is 0 Å². The Balaban J connectivity index is 1.78. The number of para-hydroxylation sites is 1. The van der Waals surface area contributed by atoms with Crippen LogP contribution in [0.1, 0.15) is 75.9 Å². The molecule has 0 unspecified atom stereocenters. The molecular weight excluding hydrogens is 571 g/mol. The second-order valence-corrected chi connectivity index (χ2v) is 12.6. The van der Waals surface area contributed by atoms with Gasteiger partial charge in [0, 0.05) is 29.1 Å². The van der Waals surface area contributed by atoms with Crippen molar-refractivity contribution in [3.63, 3.8) is 0 Å². The summed E-state index contributed by atoms with van der Waals surface area (Å²) in [6.45, 7) is 9.53. The number of amides is 1. The number of nitrogens with zero attached hydrogens (tertiary/aromatic N) is 1. The van der Waals surface area contributed by atoms with Crippen LogP contribution in [0.3, 0.4) is 0 Å². The molecule has 7 nitrogen and oxygen atoms in total. The number of aliphatic hydroxyl groups excluding tert-OH is 2. The summed E-state index contributed by atoms with van der Waals surface area (Å²) >= 11 is 0. The van der Waals surface area contributed by atoms with Gasteiger partial charge in [-0.05, 0) is 69.4 Å². The van der Waals surface area contributed by atoms with Crippen LogP contribution in [0.25, 0.3) is 22.4 Å². The molecule has 3 N–H and O–H groups in total. The van der Waals surface area contributed by atoms with Crippen molar-refractivity contribution in [3.8, 4) is 22.4 Å². The van der Waals surface area contributed by atoms with Gasteiger partial charge >= 0.3 is 5.97 Å². The molecule has 1 amide bonds. The highest BCUT2D eigenvalue weighted by Gasteiger charge is 2.31. The fourth-order valence-corrected chi connectivity index (χ4v) is 5.61. The van der Waals surface area contributed by atoms with E-state index >= 15 is 0 Å². The number of rotatable bonds is 12. The Morgan fingerprint density at radius 1 is 0.889 bits per heavy atom. The van der Waals surface area contributed by atoms with Crippen LogP contribution in [-0.2, 0) is 16.1 Å². The first-order valence-electron chi connectivity index (χ1n) is 15.4. The molecule has 0 bridgehead atoms. The standard InChI is InChI=1S/C37H43FN2O5/c1-24(2)34-33(36(44)39-28-17-10-7-11-18-28)32(25-13-8-6-9-14-25)35(26-15-12-16-27(38)21-26)40(34)20-19-29(41)22-30(42)23-31(43)45-37(3,4)5/h6-18,21,24,29-30,41-42H,19-20,22-23H2,1-5H3,(H,39,44)/t29-,30-/m1/s1. The summed E-state index contributed by atoms with van der Waals surface area (Å²) in [5.41, 5.74) is 3.89. The van der Waals surface area contributed by atoms with Crippen LogP contribution in [0.5, 0.6) is 0 Å². The number of ether oxygens (including phenoxy) is 1. The molecule has 4 aromatic rings. The number of hydrogen-bond donors (Lipinski definition) is 3. The van der Waals surface area contributed by atoms with E-state index in [-0.39, 0.29) is 37.6 Å². The quantitative estimate of drug-likeness (QED) is 0.143. The number of nitrogens with one attached hydrogen (secondary N) is 1. The Morgan fingerprint density at radius 3 is 2.11 bits per heavy atom. The van der Waals surface area contributed by atoms with E-state index in [0.29, 0.717) is 28.1 Å². The second kappa shape index (κ2) is 14.7. The van der Waals surface area contributed by atoms with Gasteiger partial charge in [-0.25, -0.2) is 4.39 Å². The Bertz CT molecular complexity index is 1590. The molecule has 0 spiro atoms. The van der Waals surface area contributed by atoms with E-state index in [0.717, 1.165) is 11.3 Å². The van der Waals surface area contributed by atoms with E-state index in [9.17, 15) is 24.2 Å². The van der Waals surface area contributed by atoms with Crippen LogP contribution in [0.15, 0.2) is 84.9 Å². The Morgan fingerprint density at radius 2 is 1.51 bits per heavy atom. The minimum absolute atomic E-state index is 0.0281. The first kappa shape index (κ1) is 33.6. The van der Waals surface area contributed by atoms with Crippen molar-refractivity contribution in [3.05, 3.63) is 102 Å². The number of halogens is 1. The highest BCUT2D eigenvalue weighted by Crippen LogP contribution is 2.42. The highest BCUT2D eigenvalue weighted by atomic mass is 19.1. The molecule has 4 rings (SSSR count). The fraction of sp³-hybridized carbons (Fsp3) is 0.351. The van der Waals surface area contributed by atoms with E-state index in [1.807, 2.05) is 85.1 Å². The number of carbonyl (C=O) groups is 2. The van der Waals surface area contributed by atoms with Crippen molar-refractivity contribution in [2.24, 2.45) is 0 Å². The number of anilines is 1. The molecule has 0 fully saturated rings. The average Bonchev–Trinajstić information content (AvgIpc) is 3.31. The van der Waals surface area contributed by atoms with Crippen molar-refractivity contribution in [1.82, 2.24) is 4.57 Å². The molecule has 0 saturated carbocycles. The molecule has 1 aromatic heterocycles. The van der Waals surface area contributed by atoms with E-state index in [2.05, 4.69) is 5.32 Å². The number of carbonyl (C=O) groups excluding carboxylic acids is 2. The third kappa shape index (κ3) is 8.90. The maximum Gasteiger partial charge on any atom is 0.308 e. The predicted molar refractivity (Wildman–Crippen MR) is 175 cm³/mol. The Hall–Kier alpha value is -4.27. The molecule has 45 heavy (non-hydrogen) atoms. The molecule has 2 atom stereocenters. The van der Waals surface area contributed by atoms with Crippen molar-refractivity contribution >= 4 is 17.6 Å². The summed E-state index contributed by atoms with van der Waals surface area (Å²) in [6.07, 6.45) is -2.08.